The summed E-state index contributed by atoms with van der Waals surface area (Å²) in [5.41, 5.74) is 8.06. The summed E-state index contributed by atoms with van der Waals surface area (Å²) in [6.07, 6.45) is 0.652. The van der Waals surface area contributed by atoms with Crippen LogP contribution < -0.4 is 15.6 Å². The van der Waals surface area contributed by atoms with Crippen molar-refractivity contribution < 1.29 is 14.3 Å². The molecule has 2 N–H and O–H groups in total. The number of ether oxygens (including phenoxy) is 1. The average molecular weight is 388 g/mol. The van der Waals surface area contributed by atoms with E-state index in [9.17, 15) is 9.59 Å². The number of Topliss-reactive ketones (excluding diaryl/α,β-unsaturated/α-hetero) is 1. The second-order valence-electron chi connectivity index (χ2n) is 6.89. The number of ketones is 1. The van der Waals surface area contributed by atoms with Crippen LogP contribution in [0.2, 0.25) is 0 Å². The topological polar surface area (TPSA) is 70.7 Å². The van der Waals surface area contributed by atoms with Gasteiger partial charge in [-0.1, -0.05) is 12.1 Å². The number of nitrogens with zero attached hydrogens (tertiary/aromatic N) is 1. The molecule has 0 aliphatic carbocycles. The van der Waals surface area contributed by atoms with Crippen LogP contribution in [0.4, 0.5) is 0 Å². The molecule has 0 radical (unpaired) electrons. The number of benzene rings is 1. The summed E-state index contributed by atoms with van der Waals surface area (Å²) in [5, 5.41) is 2.05. The maximum atomic E-state index is 12.7. The number of amides is 1. The van der Waals surface area contributed by atoms with E-state index in [4.69, 9.17) is 4.74 Å². The summed E-state index contributed by atoms with van der Waals surface area (Å²) in [5.74, 6) is 0.733. The van der Waals surface area contributed by atoms with Gasteiger partial charge in [0.25, 0.3) is 0 Å². The Bertz CT molecular complexity index is 820. The number of hydrogen-bond acceptors (Lipinski definition) is 6. The maximum Gasteiger partial charge on any atom is 0.241 e. The number of carbonyl (C=O) groups excluding carboxylic acids is 2. The highest BCUT2D eigenvalue weighted by molar-refractivity contribution is 7.10. The lowest BCUT2D eigenvalue weighted by atomic mass is 10.1. The SMILES string of the molecule is CC(=O)c1cccc(OCC2CC(C(=O)N(C)Cc3sccc3C)NN2)c1. The van der Waals surface area contributed by atoms with Crippen molar-refractivity contribution in [2.24, 2.45) is 0 Å². The van der Waals surface area contributed by atoms with Crippen LogP contribution in [0.15, 0.2) is 35.7 Å². The first kappa shape index (κ1) is 19.5. The summed E-state index contributed by atoms with van der Waals surface area (Å²) >= 11 is 1.67. The molecule has 1 aromatic heterocycles. The van der Waals surface area contributed by atoms with Gasteiger partial charge in [0, 0.05) is 17.5 Å². The van der Waals surface area contributed by atoms with Crippen LogP contribution in [0.3, 0.4) is 0 Å². The molecule has 27 heavy (non-hydrogen) atoms. The van der Waals surface area contributed by atoms with Gasteiger partial charge in [-0.05, 0) is 49.4 Å². The minimum absolute atomic E-state index is 0.00998. The monoisotopic (exact) mass is 387 g/mol. The number of likely N-dealkylation sites (N-methyl/N-ethyl adjacent to an activating group) is 1. The molecule has 0 spiro atoms. The van der Waals surface area contributed by atoms with Crippen LogP contribution in [0, 0.1) is 6.92 Å². The first-order valence-corrected chi connectivity index (χ1v) is 9.85. The van der Waals surface area contributed by atoms with Crippen molar-refractivity contribution in [3.05, 3.63) is 51.7 Å². The molecule has 0 saturated carbocycles. The molecule has 0 bridgehead atoms. The van der Waals surface area contributed by atoms with Gasteiger partial charge in [0.15, 0.2) is 5.78 Å². The second kappa shape index (κ2) is 8.65. The molecule has 2 aromatic rings. The minimum atomic E-state index is -0.271. The van der Waals surface area contributed by atoms with Gasteiger partial charge in [0.2, 0.25) is 5.91 Å². The zero-order valence-electron chi connectivity index (χ0n) is 15.8. The third-order valence-corrected chi connectivity index (χ3v) is 5.70. The van der Waals surface area contributed by atoms with Crippen LogP contribution >= 0.6 is 11.3 Å². The zero-order chi connectivity index (χ0) is 19.4. The van der Waals surface area contributed by atoms with E-state index in [1.54, 1.807) is 34.4 Å². The third-order valence-electron chi connectivity index (χ3n) is 4.70. The van der Waals surface area contributed by atoms with Crippen LogP contribution in [0.25, 0.3) is 0 Å². The molecule has 2 atom stereocenters. The van der Waals surface area contributed by atoms with E-state index in [1.807, 2.05) is 18.5 Å². The number of aryl methyl sites for hydroxylation is 1. The van der Waals surface area contributed by atoms with Gasteiger partial charge in [-0.25, -0.2) is 5.43 Å². The number of nitrogens with one attached hydrogen (secondary N) is 2. The number of carbonyl (C=O) groups is 2. The van der Waals surface area contributed by atoms with Crippen LogP contribution in [0.1, 0.15) is 34.1 Å². The van der Waals surface area contributed by atoms with Gasteiger partial charge in [0.1, 0.15) is 18.4 Å². The molecular weight excluding hydrogens is 362 g/mol. The van der Waals surface area contributed by atoms with E-state index in [0.29, 0.717) is 30.9 Å². The molecule has 2 heterocycles. The molecule has 7 heteroatoms. The predicted molar refractivity (Wildman–Crippen MR) is 106 cm³/mol. The average Bonchev–Trinajstić information content (AvgIpc) is 3.29. The van der Waals surface area contributed by atoms with Crippen molar-refractivity contribution in [2.75, 3.05) is 13.7 Å². The van der Waals surface area contributed by atoms with Crippen molar-refractivity contribution in [3.8, 4) is 5.75 Å². The van der Waals surface area contributed by atoms with E-state index in [2.05, 4.69) is 23.8 Å². The van der Waals surface area contributed by atoms with Crippen molar-refractivity contribution in [3.63, 3.8) is 0 Å². The van der Waals surface area contributed by atoms with E-state index in [0.717, 1.165) is 0 Å². The molecule has 1 aromatic carbocycles. The Hall–Kier alpha value is -2.22. The Morgan fingerprint density at radius 1 is 1.30 bits per heavy atom. The Morgan fingerprint density at radius 2 is 2.11 bits per heavy atom. The molecule has 1 amide bonds. The maximum absolute atomic E-state index is 12.7. The molecule has 144 valence electrons. The molecule has 6 nitrogen and oxygen atoms in total. The molecule has 1 aliphatic heterocycles. The highest BCUT2D eigenvalue weighted by Gasteiger charge is 2.31. The molecule has 3 rings (SSSR count). The largest absolute Gasteiger partial charge is 0.492 e. The van der Waals surface area contributed by atoms with Gasteiger partial charge in [-0.15, -0.1) is 11.3 Å². The van der Waals surface area contributed by atoms with E-state index in [-0.39, 0.29) is 23.8 Å². The molecule has 2 unspecified atom stereocenters. The van der Waals surface area contributed by atoms with E-state index < -0.39 is 0 Å². The molecule has 1 fully saturated rings. The minimum Gasteiger partial charge on any atom is -0.492 e. The summed E-state index contributed by atoms with van der Waals surface area (Å²) in [6.45, 7) is 4.64. The van der Waals surface area contributed by atoms with Gasteiger partial charge in [-0.2, -0.15) is 0 Å². The van der Waals surface area contributed by atoms with Gasteiger partial charge < -0.3 is 9.64 Å². The van der Waals surface area contributed by atoms with Crippen LogP contribution in [0.5, 0.6) is 5.75 Å². The van der Waals surface area contributed by atoms with Gasteiger partial charge >= 0.3 is 0 Å². The number of hydrazine groups is 1. The number of rotatable bonds is 7. The first-order valence-electron chi connectivity index (χ1n) is 8.97. The summed E-state index contributed by atoms with van der Waals surface area (Å²) in [4.78, 5) is 27.1. The first-order chi connectivity index (χ1) is 12.9. The highest BCUT2D eigenvalue weighted by Crippen LogP contribution is 2.19. The number of thiophene rings is 1. The van der Waals surface area contributed by atoms with Crippen molar-refractivity contribution in [1.82, 2.24) is 15.8 Å². The lowest BCUT2D eigenvalue weighted by Crippen LogP contribution is -2.44. The highest BCUT2D eigenvalue weighted by atomic mass is 32.1. The molecule has 1 aliphatic rings. The number of hydrogen-bond donors (Lipinski definition) is 2. The fourth-order valence-electron chi connectivity index (χ4n) is 3.02. The molecule has 1 saturated heterocycles. The van der Waals surface area contributed by atoms with E-state index >= 15 is 0 Å². The van der Waals surface area contributed by atoms with Crippen molar-refractivity contribution >= 4 is 23.0 Å². The molecular formula is C20H25N3O3S. The van der Waals surface area contributed by atoms with E-state index in [1.165, 1.54) is 17.4 Å². The standard InChI is InChI=1S/C20H25N3O3S/c1-13-7-8-27-19(13)11-23(3)20(25)18-10-16(21-22-18)12-26-17-6-4-5-15(9-17)14(2)24/h4-9,16,18,21-22H,10-12H2,1-3H3. The Balaban J connectivity index is 1.49. The van der Waals surface area contributed by atoms with Crippen LogP contribution in [-0.4, -0.2) is 42.3 Å². The predicted octanol–water partition coefficient (Wildman–Crippen LogP) is 2.53. The lowest BCUT2D eigenvalue weighted by Gasteiger charge is -2.20. The third kappa shape index (κ3) is 4.94. The van der Waals surface area contributed by atoms with Crippen molar-refractivity contribution in [1.29, 1.82) is 0 Å². The lowest BCUT2D eigenvalue weighted by molar-refractivity contribution is -0.132. The fourth-order valence-corrected chi connectivity index (χ4v) is 3.98. The fraction of sp³-hybridized carbons (Fsp3) is 0.400. The van der Waals surface area contributed by atoms with Crippen molar-refractivity contribution in [2.45, 2.75) is 38.9 Å². The van der Waals surface area contributed by atoms with Gasteiger partial charge in [-0.3, -0.25) is 15.0 Å². The quantitative estimate of drug-likeness (QED) is 0.715. The summed E-state index contributed by atoms with van der Waals surface area (Å²) < 4.78 is 5.79. The normalized spacial score (nSPS) is 19.1. The summed E-state index contributed by atoms with van der Waals surface area (Å²) in [7, 11) is 1.83. The Morgan fingerprint density at radius 3 is 2.81 bits per heavy atom. The van der Waals surface area contributed by atoms with Crippen LogP contribution in [-0.2, 0) is 11.3 Å². The summed E-state index contributed by atoms with van der Waals surface area (Å²) in [6, 6.07) is 8.97. The van der Waals surface area contributed by atoms with Gasteiger partial charge in [0.05, 0.1) is 12.6 Å². The smallest absolute Gasteiger partial charge is 0.241 e. The Kier molecular flexibility index (Phi) is 6.26. The zero-order valence-corrected chi connectivity index (χ0v) is 16.6. The Labute approximate surface area is 163 Å². The second-order valence-corrected chi connectivity index (χ2v) is 7.89.